The van der Waals surface area contributed by atoms with E-state index >= 15 is 0 Å². The summed E-state index contributed by atoms with van der Waals surface area (Å²) in [6.07, 6.45) is 16.7. The van der Waals surface area contributed by atoms with Crippen LogP contribution < -0.4 is 0 Å². The molecule has 0 aromatic rings. The van der Waals surface area contributed by atoms with E-state index in [1.165, 1.54) is 0 Å². The Morgan fingerprint density at radius 3 is 2.36 bits per heavy atom. The summed E-state index contributed by atoms with van der Waals surface area (Å²) < 4.78 is 11.3. The van der Waals surface area contributed by atoms with Gasteiger partial charge in [-0.1, -0.05) is 6.92 Å². The largest absolute Gasteiger partial charge is 0.462 e. The summed E-state index contributed by atoms with van der Waals surface area (Å²) in [4.78, 5) is 23.8. The van der Waals surface area contributed by atoms with E-state index in [0.717, 1.165) is 57.8 Å². The van der Waals surface area contributed by atoms with Gasteiger partial charge in [0.15, 0.2) is 0 Å². The maximum atomic E-state index is 12.4. The summed E-state index contributed by atoms with van der Waals surface area (Å²) in [6.45, 7) is 2.71. The van der Waals surface area contributed by atoms with Crippen LogP contribution in [0.4, 0.5) is 0 Å². The van der Waals surface area contributed by atoms with Crippen LogP contribution in [0.25, 0.3) is 0 Å². The van der Waals surface area contributed by atoms with Crippen LogP contribution in [0, 0.1) is 54.0 Å². The summed E-state index contributed by atoms with van der Waals surface area (Å²) in [7, 11) is 0. The lowest BCUT2D eigenvalue weighted by Gasteiger charge is -2.34. The minimum Gasteiger partial charge on any atom is -0.462 e. The van der Waals surface area contributed by atoms with E-state index in [0.29, 0.717) is 25.4 Å². The molecule has 3 rings (SSSR count). The van der Waals surface area contributed by atoms with Gasteiger partial charge in [0, 0.05) is 11.8 Å². The summed E-state index contributed by atoms with van der Waals surface area (Å²) in [5.41, 5.74) is 0. The van der Waals surface area contributed by atoms with E-state index in [1.54, 1.807) is 0 Å². The number of esters is 1. The fourth-order valence-electron chi connectivity index (χ4n) is 4.99. The van der Waals surface area contributed by atoms with Gasteiger partial charge >= 0.3 is 5.97 Å². The van der Waals surface area contributed by atoms with E-state index in [9.17, 15) is 9.90 Å². The fourth-order valence-corrected chi connectivity index (χ4v) is 4.99. The van der Waals surface area contributed by atoms with Crippen LogP contribution in [0.2, 0.25) is 0 Å². The second kappa shape index (κ2) is 13.5. The van der Waals surface area contributed by atoms with Crippen molar-refractivity contribution in [2.45, 2.75) is 102 Å². The molecule has 0 aliphatic heterocycles. The van der Waals surface area contributed by atoms with Crippen molar-refractivity contribution in [1.29, 1.82) is 0 Å². The van der Waals surface area contributed by atoms with Crippen molar-refractivity contribution >= 4 is 5.97 Å². The molecule has 1 N–H and O–H groups in total. The highest BCUT2D eigenvalue weighted by atomic mass is 17.2. The lowest BCUT2D eigenvalue weighted by Crippen LogP contribution is -2.36. The van der Waals surface area contributed by atoms with Gasteiger partial charge < -0.3 is 14.6 Å². The SMILES string of the molecule is C#CC#CC#COC1CCC(COOC2CCC(OC(=O)C3CCC(O)CC3)CC2C)CC1. The molecule has 3 fully saturated rings. The minimum atomic E-state index is -0.260. The van der Waals surface area contributed by atoms with Crippen LogP contribution in [0.1, 0.15) is 77.6 Å². The van der Waals surface area contributed by atoms with Crippen LogP contribution in [-0.2, 0) is 24.0 Å². The lowest BCUT2D eigenvalue weighted by atomic mass is 9.85. The number of rotatable bonds is 7. The van der Waals surface area contributed by atoms with Gasteiger partial charge in [0.25, 0.3) is 0 Å². The van der Waals surface area contributed by atoms with Gasteiger partial charge in [-0.05, 0) is 94.3 Å². The van der Waals surface area contributed by atoms with E-state index in [1.807, 2.05) is 0 Å². The normalized spacial score (nSPS) is 33.9. The van der Waals surface area contributed by atoms with Crippen molar-refractivity contribution in [3.05, 3.63) is 0 Å². The summed E-state index contributed by atoms with van der Waals surface area (Å²) >= 11 is 0. The Kier molecular flexibility index (Phi) is 10.4. The highest BCUT2D eigenvalue weighted by molar-refractivity contribution is 5.72. The number of aliphatic hydroxyl groups is 1. The topological polar surface area (TPSA) is 74.2 Å². The number of terminal acetylenes is 1. The number of ether oxygens (including phenoxy) is 2. The zero-order chi connectivity index (χ0) is 23.5. The number of aliphatic hydroxyl groups excluding tert-OH is 1. The first-order valence-corrected chi connectivity index (χ1v) is 12.3. The van der Waals surface area contributed by atoms with Crippen molar-refractivity contribution in [2.75, 3.05) is 6.61 Å². The van der Waals surface area contributed by atoms with E-state index in [-0.39, 0.29) is 42.2 Å². The highest BCUT2D eigenvalue weighted by Gasteiger charge is 2.34. The zero-order valence-corrected chi connectivity index (χ0v) is 19.6. The molecule has 33 heavy (non-hydrogen) atoms. The molecule has 180 valence electrons. The number of carbonyl (C=O) groups is 1. The molecule has 3 saturated carbocycles. The van der Waals surface area contributed by atoms with Gasteiger partial charge in [0.2, 0.25) is 0 Å². The predicted octanol–water partition coefficient (Wildman–Crippen LogP) is 3.76. The molecule has 0 radical (unpaired) electrons. The van der Waals surface area contributed by atoms with Gasteiger partial charge in [-0.15, -0.1) is 6.42 Å². The van der Waals surface area contributed by atoms with Crippen LogP contribution in [0.15, 0.2) is 0 Å². The first-order chi connectivity index (χ1) is 16.0. The molecule has 3 aliphatic carbocycles. The average Bonchev–Trinajstić information content (AvgIpc) is 2.81. The predicted molar refractivity (Wildman–Crippen MR) is 123 cm³/mol. The average molecular weight is 457 g/mol. The molecule has 6 heteroatoms. The first-order valence-electron chi connectivity index (χ1n) is 12.3. The van der Waals surface area contributed by atoms with E-state index in [4.69, 9.17) is 25.7 Å². The monoisotopic (exact) mass is 456 g/mol. The van der Waals surface area contributed by atoms with Crippen LogP contribution in [0.3, 0.4) is 0 Å². The third-order valence-electron chi connectivity index (χ3n) is 7.12. The Hall–Kier alpha value is -2.17. The van der Waals surface area contributed by atoms with Crippen molar-refractivity contribution in [3.63, 3.8) is 0 Å². The molecule has 0 bridgehead atoms. The molecule has 0 amide bonds. The first kappa shape index (κ1) is 25.5. The third kappa shape index (κ3) is 8.60. The van der Waals surface area contributed by atoms with Crippen molar-refractivity contribution in [2.24, 2.45) is 17.8 Å². The molecule has 3 aliphatic rings. The molecule has 3 unspecified atom stereocenters. The van der Waals surface area contributed by atoms with E-state index < -0.39 is 0 Å². The second-order valence-electron chi connectivity index (χ2n) is 9.66. The summed E-state index contributed by atoms with van der Waals surface area (Å²) in [6, 6.07) is 0. The summed E-state index contributed by atoms with van der Waals surface area (Å²) in [5.74, 6) is 10.3. The Bertz CT molecular complexity index is 777. The zero-order valence-electron chi connectivity index (χ0n) is 19.6. The molecule has 0 heterocycles. The molecule has 0 saturated heterocycles. The quantitative estimate of drug-likeness (QED) is 0.272. The molecule has 3 atom stereocenters. The van der Waals surface area contributed by atoms with Crippen molar-refractivity contribution < 1.29 is 29.1 Å². The number of hydrogen-bond donors (Lipinski definition) is 1. The van der Waals surface area contributed by atoms with Gasteiger partial charge in [-0.25, -0.2) is 9.78 Å². The Morgan fingerprint density at radius 1 is 0.939 bits per heavy atom. The van der Waals surface area contributed by atoms with Crippen LogP contribution in [0.5, 0.6) is 0 Å². The van der Waals surface area contributed by atoms with Gasteiger partial charge in [-0.2, -0.15) is 0 Å². The minimum absolute atomic E-state index is 0.0313. The molecular formula is C27H36O6. The van der Waals surface area contributed by atoms with Gasteiger partial charge in [-0.3, -0.25) is 4.79 Å². The van der Waals surface area contributed by atoms with Crippen molar-refractivity contribution in [1.82, 2.24) is 0 Å². The second-order valence-corrected chi connectivity index (χ2v) is 9.66. The molecule has 0 spiro atoms. The van der Waals surface area contributed by atoms with Crippen LogP contribution >= 0.6 is 0 Å². The molecule has 6 nitrogen and oxygen atoms in total. The van der Waals surface area contributed by atoms with Gasteiger partial charge in [0.05, 0.1) is 24.7 Å². The Morgan fingerprint density at radius 2 is 1.67 bits per heavy atom. The van der Waals surface area contributed by atoms with Gasteiger partial charge in [0.1, 0.15) is 18.3 Å². The number of carbonyl (C=O) groups excluding carboxylic acids is 1. The Balaban J connectivity index is 1.27. The fraction of sp³-hybridized carbons (Fsp3) is 0.741. The third-order valence-corrected chi connectivity index (χ3v) is 7.12. The molecular weight excluding hydrogens is 420 g/mol. The maximum Gasteiger partial charge on any atom is 0.309 e. The number of hydrogen-bond acceptors (Lipinski definition) is 6. The maximum absolute atomic E-state index is 12.4. The molecule has 0 aromatic carbocycles. The standard InChI is InChI=1S/C27H36O6/c1-3-4-5-6-17-30-24-13-7-21(8-14-24)19-31-33-26-16-15-25(18-20(26)2)32-27(29)22-9-11-23(28)12-10-22/h1,20-26,28H,7-16,18-19H2,2H3. The highest BCUT2D eigenvalue weighted by Crippen LogP contribution is 2.32. The lowest BCUT2D eigenvalue weighted by molar-refractivity contribution is -0.344. The van der Waals surface area contributed by atoms with Crippen molar-refractivity contribution in [3.8, 4) is 36.2 Å². The molecule has 0 aromatic heterocycles. The Labute approximate surface area is 198 Å². The summed E-state index contributed by atoms with van der Waals surface area (Å²) in [5, 5.41) is 9.62. The van der Waals surface area contributed by atoms with E-state index in [2.05, 4.69) is 36.7 Å². The smallest absolute Gasteiger partial charge is 0.309 e. The van der Waals surface area contributed by atoms with Crippen LogP contribution in [-0.4, -0.2) is 42.1 Å².